The number of carboxylic acid groups (broad SMARTS) is 1. The Morgan fingerprint density at radius 3 is 2.75 bits per heavy atom. The van der Waals surface area contributed by atoms with Crippen LogP contribution in [0.5, 0.6) is 5.75 Å². The summed E-state index contributed by atoms with van der Waals surface area (Å²) >= 11 is 0. The summed E-state index contributed by atoms with van der Waals surface area (Å²) in [4.78, 5) is 11.8. The standard InChI is InChI=1S/C17H22O3/c1-16-8-3-9-17(2,15(19)20)14(16)7-4-11-10-12(18)5-6-13(11)16/h5-6,10,14,18H,3-4,7-9H2,1-2H3,(H,19,20)/t14?,16-,17+/m1/s1. The lowest BCUT2D eigenvalue weighted by atomic mass is 9.50. The Labute approximate surface area is 119 Å². The third-order valence-corrected chi connectivity index (χ3v) is 5.83. The van der Waals surface area contributed by atoms with E-state index in [9.17, 15) is 15.0 Å². The number of aryl methyl sites for hydroxylation is 1. The molecule has 3 heteroatoms. The second-order valence-corrected chi connectivity index (χ2v) is 6.93. The third-order valence-electron chi connectivity index (χ3n) is 5.83. The van der Waals surface area contributed by atoms with E-state index < -0.39 is 11.4 Å². The lowest BCUT2D eigenvalue weighted by Gasteiger charge is -2.53. The van der Waals surface area contributed by atoms with Gasteiger partial charge in [-0.25, -0.2) is 0 Å². The van der Waals surface area contributed by atoms with Gasteiger partial charge in [0.25, 0.3) is 0 Å². The number of aromatic hydroxyl groups is 1. The molecule has 3 rings (SSSR count). The van der Waals surface area contributed by atoms with E-state index >= 15 is 0 Å². The molecule has 2 aliphatic rings. The van der Waals surface area contributed by atoms with Gasteiger partial charge >= 0.3 is 5.97 Å². The van der Waals surface area contributed by atoms with Gasteiger partial charge in [-0.05, 0) is 67.2 Å². The van der Waals surface area contributed by atoms with Gasteiger partial charge in [0.2, 0.25) is 0 Å². The van der Waals surface area contributed by atoms with Crippen LogP contribution in [-0.4, -0.2) is 16.2 Å². The summed E-state index contributed by atoms with van der Waals surface area (Å²) < 4.78 is 0. The lowest BCUT2D eigenvalue weighted by Crippen LogP contribution is -2.52. The van der Waals surface area contributed by atoms with Crippen LogP contribution >= 0.6 is 0 Å². The Balaban J connectivity index is 2.12. The summed E-state index contributed by atoms with van der Waals surface area (Å²) in [6.45, 7) is 4.13. The van der Waals surface area contributed by atoms with E-state index in [4.69, 9.17) is 0 Å². The molecule has 3 atom stereocenters. The minimum atomic E-state index is -0.657. The van der Waals surface area contributed by atoms with Gasteiger partial charge in [0.1, 0.15) is 5.75 Å². The van der Waals surface area contributed by atoms with Crippen LogP contribution in [0, 0.1) is 11.3 Å². The van der Waals surface area contributed by atoms with Gasteiger partial charge in [0.05, 0.1) is 5.41 Å². The van der Waals surface area contributed by atoms with Gasteiger partial charge < -0.3 is 10.2 Å². The van der Waals surface area contributed by atoms with Gasteiger partial charge in [-0.2, -0.15) is 0 Å². The molecule has 20 heavy (non-hydrogen) atoms. The average Bonchev–Trinajstić information content (AvgIpc) is 2.37. The van der Waals surface area contributed by atoms with Crippen LogP contribution < -0.4 is 0 Å². The number of phenols is 1. The quantitative estimate of drug-likeness (QED) is 0.824. The van der Waals surface area contributed by atoms with Crippen molar-refractivity contribution >= 4 is 5.97 Å². The van der Waals surface area contributed by atoms with E-state index in [1.165, 1.54) is 11.1 Å². The predicted octanol–water partition coefficient (Wildman–Crippen LogP) is 3.49. The van der Waals surface area contributed by atoms with Crippen molar-refractivity contribution in [2.24, 2.45) is 11.3 Å². The Kier molecular flexibility index (Phi) is 2.86. The fraction of sp³-hybridized carbons (Fsp3) is 0.588. The van der Waals surface area contributed by atoms with E-state index in [0.29, 0.717) is 5.75 Å². The Hall–Kier alpha value is -1.51. The van der Waals surface area contributed by atoms with Crippen molar-refractivity contribution in [3.63, 3.8) is 0 Å². The second-order valence-electron chi connectivity index (χ2n) is 6.93. The zero-order valence-electron chi connectivity index (χ0n) is 12.1. The molecule has 0 saturated heterocycles. The highest BCUT2D eigenvalue weighted by molar-refractivity contribution is 5.75. The summed E-state index contributed by atoms with van der Waals surface area (Å²) in [6.07, 6.45) is 4.53. The Morgan fingerprint density at radius 1 is 1.30 bits per heavy atom. The van der Waals surface area contributed by atoms with Gasteiger partial charge in [0, 0.05) is 0 Å². The maximum absolute atomic E-state index is 11.8. The first kappa shape index (κ1) is 13.5. The predicted molar refractivity (Wildman–Crippen MR) is 76.9 cm³/mol. The highest BCUT2D eigenvalue weighted by Crippen LogP contribution is 2.57. The number of phenolic OH excluding ortho intramolecular Hbond substituents is 1. The molecule has 0 amide bonds. The molecule has 0 aliphatic heterocycles. The number of hydrogen-bond acceptors (Lipinski definition) is 2. The van der Waals surface area contributed by atoms with E-state index in [0.717, 1.165) is 32.1 Å². The monoisotopic (exact) mass is 274 g/mol. The lowest BCUT2D eigenvalue weighted by molar-refractivity contribution is -0.157. The molecule has 1 aromatic carbocycles. The molecule has 0 heterocycles. The van der Waals surface area contributed by atoms with Crippen LogP contribution in [0.4, 0.5) is 0 Å². The van der Waals surface area contributed by atoms with Crippen molar-refractivity contribution in [2.75, 3.05) is 0 Å². The normalized spacial score (nSPS) is 36.0. The molecule has 0 aromatic heterocycles. The maximum Gasteiger partial charge on any atom is 0.309 e. The van der Waals surface area contributed by atoms with Crippen molar-refractivity contribution in [2.45, 2.75) is 51.4 Å². The topological polar surface area (TPSA) is 57.5 Å². The van der Waals surface area contributed by atoms with Crippen molar-refractivity contribution in [1.82, 2.24) is 0 Å². The molecule has 108 valence electrons. The Bertz CT molecular complexity index is 565. The molecule has 1 aromatic rings. The molecule has 0 spiro atoms. The van der Waals surface area contributed by atoms with Crippen LogP contribution in [-0.2, 0) is 16.6 Å². The van der Waals surface area contributed by atoms with Crippen molar-refractivity contribution < 1.29 is 15.0 Å². The second kappa shape index (κ2) is 4.24. The molecule has 0 bridgehead atoms. The zero-order valence-corrected chi connectivity index (χ0v) is 12.1. The average molecular weight is 274 g/mol. The molecule has 0 radical (unpaired) electrons. The maximum atomic E-state index is 11.8. The third kappa shape index (κ3) is 1.68. The summed E-state index contributed by atoms with van der Waals surface area (Å²) in [5, 5.41) is 19.4. The van der Waals surface area contributed by atoms with Gasteiger partial charge in [-0.15, -0.1) is 0 Å². The summed E-state index contributed by atoms with van der Waals surface area (Å²) in [5.41, 5.74) is 1.74. The van der Waals surface area contributed by atoms with Crippen LogP contribution in [0.3, 0.4) is 0 Å². The van der Waals surface area contributed by atoms with Gasteiger partial charge in [-0.1, -0.05) is 19.4 Å². The number of carboxylic acids is 1. The molecule has 1 unspecified atom stereocenters. The molecule has 3 nitrogen and oxygen atoms in total. The SMILES string of the molecule is C[C@]1(C(=O)O)CCC[C@]2(C)c3ccc(O)cc3CCC12. The molecular weight excluding hydrogens is 252 g/mol. The highest BCUT2D eigenvalue weighted by atomic mass is 16.4. The van der Waals surface area contributed by atoms with Crippen LogP contribution in [0.1, 0.15) is 50.7 Å². The van der Waals surface area contributed by atoms with Crippen LogP contribution in [0.15, 0.2) is 18.2 Å². The molecular formula is C17H22O3. The molecule has 1 fully saturated rings. The summed E-state index contributed by atoms with van der Waals surface area (Å²) in [5.74, 6) is -0.170. The minimum Gasteiger partial charge on any atom is -0.508 e. The number of rotatable bonds is 1. The van der Waals surface area contributed by atoms with E-state index in [-0.39, 0.29) is 11.3 Å². The van der Waals surface area contributed by atoms with Crippen molar-refractivity contribution in [3.8, 4) is 5.75 Å². The number of carbonyl (C=O) groups is 1. The van der Waals surface area contributed by atoms with Crippen molar-refractivity contribution in [3.05, 3.63) is 29.3 Å². The minimum absolute atomic E-state index is 0.0767. The fourth-order valence-electron chi connectivity index (χ4n) is 4.73. The first-order valence-corrected chi connectivity index (χ1v) is 7.44. The van der Waals surface area contributed by atoms with Crippen LogP contribution in [0.25, 0.3) is 0 Å². The van der Waals surface area contributed by atoms with E-state index in [2.05, 4.69) is 6.92 Å². The highest BCUT2D eigenvalue weighted by Gasteiger charge is 2.55. The number of hydrogen-bond donors (Lipinski definition) is 2. The van der Waals surface area contributed by atoms with Crippen LogP contribution in [0.2, 0.25) is 0 Å². The fourth-order valence-corrected chi connectivity index (χ4v) is 4.73. The first-order chi connectivity index (χ1) is 9.38. The van der Waals surface area contributed by atoms with Gasteiger partial charge in [-0.3, -0.25) is 4.79 Å². The summed E-state index contributed by atoms with van der Waals surface area (Å²) in [7, 11) is 0. The largest absolute Gasteiger partial charge is 0.508 e. The Morgan fingerprint density at radius 2 is 2.05 bits per heavy atom. The zero-order chi connectivity index (χ0) is 14.5. The van der Waals surface area contributed by atoms with E-state index in [1.807, 2.05) is 19.1 Å². The van der Waals surface area contributed by atoms with Crippen molar-refractivity contribution in [1.29, 1.82) is 0 Å². The smallest absolute Gasteiger partial charge is 0.309 e. The summed E-state index contributed by atoms with van der Waals surface area (Å²) in [6, 6.07) is 5.59. The van der Waals surface area contributed by atoms with Gasteiger partial charge in [0.15, 0.2) is 0 Å². The first-order valence-electron chi connectivity index (χ1n) is 7.44. The molecule has 1 saturated carbocycles. The number of fused-ring (bicyclic) bond motifs is 3. The number of aliphatic carboxylic acids is 1. The van der Waals surface area contributed by atoms with E-state index in [1.54, 1.807) is 6.07 Å². The molecule has 2 N–H and O–H groups in total. The number of benzene rings is 1. The molecule has 2 aliphatic carbocycles.